The van der Waals surface area contributed by atoms with Gasteiger partial charge in [-0.1, -0.05) is 13.8 Å². The Balaban J connectivity index is 2.00. The van der Waals surface area contributed by atoms with E-state index in [0.29, 0.717) is 5.92 Å². The van der Waals surface area contributed by atoms with Gasteiger partial charge in [0.1, 0.15) is 5.82 Å². The summed E-state index contributed by atoms with van der Waals surface area (Å²) in [7, 11) is 0. The third kappa shape index (κ3) is 3.19. The van der Waals surface area contributed by atoms with Gasteiger partial charge in [-0.25, -0.2) is 4.98 Å². The number of hydrogen-bond donors (Lipinski definition) is 1. The summed E-state index contributed by atoms with van der Waals surface area (Å²) in [6.45, 7) is 12.4. The fraction of sp³-hybridized carbons (Fsp3) is 0.632. The van der Waals surface area contributed by atoms with E-state index in [2.05, 4.69) is 49.7 Å². The molecule has 1 aromatic heterocycles. The molecule has 2 aromatic rings. The normalized spacial score (nSPS) is 19.2. The number of aromatic nitrogens is 2. The van der Waals surface area contributed by atoms with Crippen LogP contribution < -0.4 is 5.32 Å². The minimum Gasteiger partial charge on any atom is -0.328 e. The zero-order valence-corrected chi connectivity index (χ0v) is 14.4. The Hall–Kier alpha value is -1.35. The van der Waals surface area contributed by atoms with Gasteiger partial charge >= 0.3 is 0 Å². The van der Waals surface area contributed by atoms with Crippen molar-refractivity contribution in [2.24, 2.45) is 11.8 Å². The second-order valence-electron chi connectivity index (χ2n) is 7.37. The van der Waals surface area contributed by atoms with Crippen LogP contribution in [0.4, 0.5) is 0 Å². The van der Waals surface area contributed by atoms with Crippen LogP contribution in [0, 0.1) is 25.7 Å². The molecule has 1 aromatic carbocycles. The summed E-state index contributed by atoms with van der Waals surface area (Å²) in [5.74, 6) is 2.64. The molecular formula is C19H29N3. The number of imidazole rings is 1. The lowest BCUT2D eigenvalue weighted by atomic mass is 9.99. The zero-order valence-electron chi connectivity index (χ0n) is 14.4. The maximum absolute atomic E-state index is 4.96. The monoisotopic (exact) mass is 299 g/mol. The highest BCUT2D eigenvalue weighted by Gasteiger charge is 2.19. The maximum Gasteiger partial charge on any atom is 0.110 e. The van der Waals surface area contributed by atoms with Gasteiger partial charge in [0, 0.05) is 13.0 Å². The first-order valence-corrected chi connectivity index (χ1v) is 8.71. The Kier molecular flexibility index (Phi) is 4.53. The fourth-order valence-corrected chi connectivity index (χ4v) is 3.49. The highest BCUT2D eigenvalue weighted by Crippen LogP contribution is 2.25. The molecule has 3 rings (SSSR count). The van der Waals surface area contributed by atoms with E-state index in [0.717, 1.165) is 25.4 Å². The summed E-state index contributed by atoms with van der Waals surface area (Å²) >= 11 is 0. The number of nitrogens with zero attached hydrogens (tertiary/aromatic N) is 2. The maximum atomic E-state index is 4.96. The van der Waals surface area contributed by atoms with Gasteiger partial charge in [0.15, 0.2) is 0 Å². The molecule has 22 heavy (non-hydrogen) atoms. The van der Waals surface area contributed by atoms with Crippen LogP contribution in [0.1, 0.15) is 43.6 Å². The summed E-state index contributed by atoms with van der Waals surface area (Å²) in [4.78, 5) is 4.96. The topological polar surface area (TPSA) is 29.9 Å². The van der Waals surface area contributed by atoms with Crippen molar-refractivity contribution in [1.82, 2.24) is 14.9 Å². The highest BCUT2D eigenvalue weighted by atomic mass is 15.1. The van der Waals surface area contributed by atoms with Gasteiger partial charge in [-0.2, -0.15) is 0 Å². The summed E-state index contributed by atoms with van der Waals surface area (Å²) in [6.07, 6.45) is 3.69. The molecule has 3 heteroatoms. The zero-order chi connectivity index (χ0) is 15.7. The molecule has 0 bridgehead atoms. The molecule has 1 aliphatic rings. The molecular weight excluding hydrogens is 270 g/mol. The number of nitrogens with one attached hydrogen (secondary N) is 1. The van der Waals surface area contributed by atoms with Crippen molar-refractivity contribution in [2.45, 2.75) is 53.5 Å². The van der Waals surface area contributed by atoms with E-state index in [4.69, 9.17) is 4.98 Å². The Morgan fingerprint density at radius 1 is 1.27 bits per heavy atom. The lowest BCUT2D eigenvalue weighted by Crippen LogP contribution is -2.32. The van der Waals surface area contributed by atoms with Gasteiger partial charge in [-0.15, -0.1) is 0 Å². The van der Waals surface area contributed by atoms with Gasteiger partial charge in [0.05, 0.1) is 11.0 Å². The van der Waals surface area contributed by atoms with Crippen LogP contribution >= 0.6 is 0 Å². The predicted molar refractivity (Wildman–Crippen MR) is 93.3 cm³/mol. The quantitative estimate of drug-likeness (QED) is 0.929. The first-order valence-electron chi connectivity index (χ1n) is 8.71. The van der Waals surface area contributed by atoms with Gasteiger partial charge in [0.25, 0.3) is 0 Å². The number of rotatable bonds is 4. The first-order chi connectivity index (χ1) is 10.5. The minimum absolute atomic E-state index is 0.641. The molecule has 1 atom stereocenters. The van der Waals surface area contributed by atoms with Crippen LogP contribution in [0.2, 0.25) is 0 Å². The molecule has 1 unspecified atom stereocenters. The first kappa shape index (κ1) is 15.5. The van der Waals surface area contributed by atoms with Gasteiger partial charge in [0.2, 0.25) is 0 Å². The van der Waals surface area contributed by atoms with Crippen LogP contribution in [0.15, 0.2) is 12.1 Å². The number of hydrogen-bond acceptors (Lipinski definition) is 2. The summed E-state index contributed by atoms with van der Waals surface area (Å²) in [5, 5.41) is 3.54. The lowest BCUT2D eigenvalue weighted by Gasteiger charge is -2.24. The van der Waals surface area contributed by atoms with Crippen molar-refractivity contribution in [2.75, 3.05) is 13.1 Å². The standard InChI is InChI=1S/C19H29N3/c1-13(2)8-19-21-17-9-14(3)15(4)10-18(17)22(19)12-16-6-5-7-20-11-16/h9-10,13,16,20H,5-8,11-12H2,1-4H3. The molecule has 0 saturated carbocycles. The van der Waals surface area contributed by atoms with Gasteiger partial charge in [-0.05, 0) is 74.9 Å². The van der Waals surface area contributed by atoms with E-state index in [1.807, 2.05) is 0 Å². The van der Waals surface area contributed by atoms with Crippen molar-refractivity contribution >= 4 is 11.0 Å². The fourth-order valence-electron chi connectivity index (χ4n) is 3.49. The van der Waals surface area contributed by atoms with Gasteiger partial charge < -0.3 is 9.88 Å². The number of benzene rings is 1. The third-order valence-electron chi connectivity index (χ3n) is 4.87. The summed E-state index contributed by atoms with van der Waals surface area (Å²) in [5.41, 5.74) is 5.20. The second-order valence-corrected chi connectivity index (χ2v) is 7.37. The van der Waals surface area contributed by atoms with Crippen LogP contribution in [0.25, 0.3) is 11.0 Å². The SMILES string of the molecule is Cc1cc2nc(CC(C)C)n(CC3CCCNC3)c2cc1C. The predicted octanol–water partition coefficient (Wildman–Crippen LogP) is 3.85. The summed E-state index contributed by atoms with van der Waals surface area (Å²) in [6, 6.07) is 4.59. The van der Waals surface area contributed by atoms with Gasteiger partial charge in [-0.3, -0.25) is 0 Å². The van der Waals surface area contributed by atoms with Crippen LogP contribution in [-0.2, 0) is 13.0 Å². The number of fused-ring (bicyclic) bond motifs is 1. The van der Waals surface area contributed by atoms with Crippen LogP contribution in [-0.4, -0.2) is 22.6 Å². The van der Waals surface area contributed by atoms with E-state index in [1.54, 1.807) is 0 Å². The Morgan fingerprint density at radius 3 is 2.73 bits per heavy atom. The number of piperidine rings is 1. The molecule has 0 amide bonds. The van der Waals surface area contributed by atoms with Crippen molar-refractivity contribution in [1.29, 1.82) is 0 Å². The number of aryl methyl sites for hydroxylation is 2. The average Bonchev–Trinajstić information content (AvgIpc) is 2.77. The molecule has 1 saturated heterocycles. The van der Waals surface area contributed by atoms with Crippen LogP contribution in [0.3, 0.4) is 0 Å². The van der Waals surface area contributed by atoms with E-state index >= 15 is 0 Å². The smallest absolute Gasteiger partial charge is 0.110 e. The largest absolute Gasteiger partial charge is 0.328 e. The molecule has 3 nitrogen and oxygen atoms in total. The third-order valence-corrected chi connectivity index (χ3v) is 4.87. The molecule has 1 N–H and O–H groups in total. The van der Waals surface area contributed by atoms with E-state index < -0.39 is 0 Å². The van der Waals surface area contributed by atoms with Crippen LogP contribution in [0.5, 0.6) is 0 Å². The molecule has 0 radical (unpaired) electrons. The molecule has 2 heterocycles. The van der Waals surface area contributed by atoms with Crippen molar-refractivity contribution in [3.05, 3.63) is 29.1 Å². The van der Waals surface area contributed by atoms with Crippen molar-refractivity contribution in [3.63, 3.8) is 0 Å². The Bertz CT molecular complexity index is 648. The second kappa shape index (κ2) is 6.41. The van der Waals surface area contributed by atoms with E-state index in [-0.39, 0.29) is 0 Å². The molecule has 1 fully saturated rings. The molecule has 120 valence electrons. The lowest BCUT2D eigenvalue weighted by molar-refractivity contribution is 0.335. The average molecular weight is 299 g/mol. The Morgan fingerprint density at radius 2 is 2.05 bits per heavy atom. The van der Waals surface area contributed by atoms with Crippen molar-refractivity contribution in [3.8, 4) is 0 Å². The van der Waals surface area contributed by atoms with E-state index in [1.165, 1.54) is 47.4 Å². The highest BCUT2D eigenvalue weighted by molar-refractivity contribution is 5.78. The Labute approximate surface area is 134 Å². The molecule has 0 spiro atoms. The molecule has 1 aliphatic heterocycles. The van der Waals surface area contributed by atoms with Crippen molar-refractivity contribution < 1.29 is 0 Å². The van der Waals surface area contributed by atoms with E-state index in [9.17, 15) is 0 Å². The minimum atomic E-state index is 0.641. The molecule has 0 aliphatic carbocycles. The summed E-state index contributed by atoms with van der Waals surface area (Å²) < 4.78 is 2.50.